The quantitative estimate of drug-likeness (QED) is 0.375. The Morgan fingerprint density at radius 3 is 3.07 bits per heavy atom. The average molecular weight is 508 g/mol. The molecule has 0 bridgehead atoms. The maximum atomic E-state index is 6.07. The molecule has 0 spiro atoms. The summed E-state index contributed by atoms with van der Waals surface area (Å²) in [6.45, 7) is 3.52. The van der Waals surface area contributed by atoms with Gasteiger partial charge in [-0.05, 0) is 65.6 Å². The third-order valence-corrected chi connectivity index (χ3v) is 7.42. The second-order valence-electron chi connectivity index (χ2n) is 7.22. The summed E-state index contributed by atoms with van der Waals surface area (Å²) in [7, 11) is 0. The lowest BCUT2D eigenvalue weighted by Crippen LogP contribution is -2.22. The molecule has 3 heterocycles. The van der Waals surface area contributed by atoms with Gasteiger partial charge in [-0.1, -0.05) is 11.8 Å². The number of nitrogens with one attached hydrogen (secondary N) is 1. The molecule has 9 heteroatoms. The molecule has 2 aromatic heterocycles. The van der Waals surface area contributed by atoms with Gasteiger partial charge >= 0.3 is 0 Å². The van der Waals surface area contributed by atoms with E-state index in [1.807, 2.05) is 0 Å². The summed E-state index contributed by atoms with van der Waals surface area (Å²) in [4.78, 5) is 14.5. The molecule has 28 heavy (non-hydrogen) atoms. The van der Waals surface area contributed by atoms with Gasteiger partial charge in [0.05, 0.1) is 6.61 Å². The number of nitrogens with zero attached hydrogens (tertiary/aromatic N) is 4. The van der Waals surface area contributed by atoms with Gasteiger partial charge < -0.3 is 20.4 Å². The van der Waals surface area contributed by atoms with Crippen molar-refractivity contribution < 1.29 is 4.74 Å². The van der Waals surface area contributed by atoms with Crippen LogP contribution in [-0.4, -0.2) is 39.2 Å². The van der Waals surface area contributed by atoms with Gasteiger partial charge in [0, 0.05) is 28.0 Å². The number of nitrogen functional groups attached to an aromatic ring is 1. The Hall–Kier alpha value is -1.59. The van der Waals surface area contributed by atoms with Gasteiger partial charge in [0.1, 0.15) is 12.1 Å². The zero-order valence-electron chi connectivity index (χ0n) is 15.3. The monoisotopic (exact) mass is 508 g/mol. The minimum Gasteiger partial charge on any atom is -0.493 e. The van der Waals surface area contributed by atoms with Crippen LogP contribution in [0.25, 0.3) is 11.2 Å². The summed E-state index contributed by atoms with van der Waals surface area (Å²) in [5, 5.41) is 4.43. The van der Waals surface area contributed by atoms with E-state index in [0.717, 1.165) is 60.0 Å². The van der Waals surface area contributed by atoms with Crippen LogP contribution in [0.15, 0.2) is 28.5 Å². The standard InChI is InChI=1S/C19H21IN6OS/c20-13-7-12-3-6-27-14(12)8-15(13)28-19-25-16-17(21)23-10-24-18(16)26(19)5-4-22-9-11-1-2-11/h7-8,10-11,22H,1-6,9H2,(H2,21,23,24). The first-order valence-electron chi connectivity index (χ1n) is 9.49. The fourth-order valence-corrected chi connectivity index (χ4v) is 5.19. The Labute approximate surface area is 181 Å². The first-order chi connectivity index (χ1) is 13.7. The van der Waals surface area contributed by atoms with Crippen molar-refractivity contribution in [2.75, 3.05) is 25.4 Å². The number of aromatic nitrogens is 4. The number of rotatable bonds is 7. The van der Waals surface area contributed by atoms with Gasteiger partial charge in [0.2, 0.25) is 0 Å². The van der Waals surface area contributed by atoms with E-state index in [2.05, 4.69) is 54.6 Å². The molecule has 5 rings (SSSR count). The Balaban J connectivity index is 1.45. The number of imidazole rings is 1. The Bertz CT molecular complexity index is 1030. The molecule has 1 aromatic carbocycles. The van der Waals surface area contributed by atoms with Crippen LogP contribution < -0.4 is 15.8 Å². The van der Waals surface area contributed by atoms with Crippen molar-refractivity contribution in [1.82, 2.24) is 24.8 Å². The summed E-state index contributed by atoms with van der Waals surface area (Å²) in [5.41, 5.74) is 8.80. The van der Waals surface area contributed by atoms with Gasteiger partial charge in [-0.3, -0.25) is 0 Å². The molecule has 146 valence electrons. The Morgan fingerprint density at radius 1 is 1.32 bits per heavy atom. The van der Waals surface area contributed by atoms with Crippen molar-refractivity contribution in [3.8, 4) is 5.75 Å². The third kappa shape index (κ3) is 3.67. The highest BCUT2D eigenvalue weighted by Gasteiger charge is 2.22. The lowest BCUT2D eigenvalue weighted by molar-refractivity contribution is 0.356. The number of hydrogen-bond acceptors (Lipinski definition) is 7. The molecule has 3 N–H and O–H groups in total. The van der Waals surface area contributed by atoms with E-state index in [1.54, 1.807) is 11.8 Å². The van der Waals surface area contributed by atoms with Crippen molar-refractivity contribution in [3.05, 3.63) is 27.6 Å². The average Bonchev–Trinajstić information content (AvgIpc) is 3.29. The van der Waals surface area contributed by atoms with Crippen molar-refractivity contribution in [3.63, 3.8) is 0 Å². The SMILES string of the molecule is Nc1ncnc2c1nc(Sc1cc3c(cc1I)CCO3)n2CCNCC1CC1. The predicted octanol–water partition coefficient (Wildman–Crippen LogP) is 3.10. The molecule has 7 nitrogen and oxygen atoms in total. The van der Waals surface area contributed by atoms with E-state index in [9.17, 15) is 0 Å². The second-order valence-corrected chi connectivity index (χ2v) is 9.39. The summed E-state index contributed by atoms with van der Waals surface area (Å²) in [6, 6.07) is 4.34. The van der Waals surface area contributed by atoms with Crippen molar-refractivity contribution in [1.29, 1.82) is 0 Å². The van der Waals surface area contributed by atoms with Crippen LogP contribution in [-0.2, 0) is 13.0 Å². The van der Waals surface area contributed by atoms with Crippen molar-refractivity contribution >= 4 is 51.3 Å². The Kier molecular flexibility index (Phi) is 5.06. The minimum atomic E-state index is 0.420. The molecule has 1 saturated carbocycles. The molecule has 0 atom stereocenters. The fourth-order valence-electron chi connectivity index (χ4n) is 3.39. The highest BCUT2D eigenvalue weighted by atomic mass is 127. The molecular formula is C19H21IN6OS. The second kappa shape index (κ2) is 7.68. The first-order valence-corrected chi connectivity index (χ1v) is 11.4. The van der Waals surface area contributed by atoms with Crippen LogP contribution in [0.2, 0.25) is 0 Å². The van der Waals surface area contributed by atoms with Crippen LogP contribution >= 0.6 is 34.4 Å². The zero-order valence-corrected chi connectivity index (χ0v) is 18.3. The molecule has 2 aliphatic rings. The molecule has 1 fully saturated rings. The van der Waals surface area contributed by atoms with E-state index in [1.165, 1.54) is 28.3 Å². The Morgan fingerprint density at radius 2 is 2.21 bits per heavy atom. The number of nitrogens with two attached hydrogens (primary N) is 1. The topological polar surface area (TPSA) is 90.9 Å². The minimum absolute atomic E-state index is 0.420. The van der Waals surface area contributed by atoms with E-state index in [0.29, 0.717) is 11.3 Å². The van der Waals surface area contributed by atoms with Crippen molar-refractivity contribution in [2.24, 2.45) is 5.92 Å². The van der Waals surface area contributed by atoms with Crippen LogP contribution in [0.4, 0.5) is 5.82 Å². The van der Waals surface area contributed by atoms with Crippen LogP contribution in [0.5, 0.6) is 5.75 Å². The molecule has 0 radical (unpaired) electrons. The number of halogens is 1. The summed E-state index contributed by atoms with van der Waals surface area (Å²) < 4.78 is 9.10. The lowest BCUT2D eigenvalue weighted by atomic mass is 10.2. The van der Waals surface area contributed by atoms with Gasteiger partial charge in [-0.15, -0.1) is 0 Å². The predicted molar refractivity (Wildman–Crippen MR) is 118 cm³/mol. The van der Waals surface area contributed by atoms with Gasteiger partial charge in [0.25, 0.3) is 0 Å². The van der Waals surface area contributed by atoms with E-state index in [-0.39, 0.29) is 0 Å². The maximum Gasteiger partial charge on any atom is 0.175 e. The number of fused-ring (bicyclic) bond motifs is 2. The van der Waals surface area contributed by atoms with Crippen LogP contribution in [0.3, 0.4) is 0 Å². The molecule has 0 amide bonds. The van der Waals surface area contributed by atoms with Gasteiger partial charge in [0.15, 0.2) is 22.1 Å². The molecule has 1 aliphatic carbocycles. The zero-order chi connectivity index (χ0) is 19.1. The van der Waals surface area contributed by atoms with E-state index >= 15 is 0 Å². The molecule has 1 aliphatic heterocycles. The third-order valence-electron chi connectivity index (χ3n) is 5.11. The van der Waals surface area contributed by atoms with Gasteiger partial charge in [-0.2, -0.15) is 0 Å². The molecular weight excluding hydrogens is 487 g/mol. The normalized spacial score (nSPS) is 15.8. The van der Waals surface area contributed by atoms with Crippen LogP contribution in [0, 0.1) is 9.49 Å². The molecule has 3 aromatic rings. The summed E-state index contributed by atoms with van der Waals surface area (Å²) in [6.07, 6.45) is 5.19. The summed E-state index contributed by atoms with van der Waals surface area (Å²) >= 11 is 4.02. The number of anilines is 1. The highest BCUT2D eigenvalue weighted by Crippen LogP contribution is 2.38. The maximum absolute atomic E-state index is 6.07. The van der Waals surface area contributed by atoms with Crippen LogP contribution in [0.1, 0.15) is 18.4 Å². The number of hydrogen-bond donors (Lipinski definition) is 2. The van der Waals surface area contributed by atoms with E-state index in [4.69, 9.17) is 15.5 Å². The molecule has 0 saturated heterocycles. The largest absolute Gasteiger partial charge is 0.493 e. The number of ether oxygens (including phenoxy) is 1. The lowest BCUT2D eigenvalue weighted by Gasteiger charge is -2.11. The first kappa shape index (κ1) is 18.4. The smallest absolute Gasteiger partial charge is 0.175 e. The van der Waals surface area contributed by atoms with E-state index < -0.39 is 0 Å². The molecule has 0 unspecified atom stereocenters. The highest BCUT2D eigenvalue weighted by molar-refractivity contribution is 14.1. The van der Waals surface area contributed by atoms with Crippen molar-refractivity contribution in [2.45, 2.75) is 35.9 Å². The summed E-state index contributed by atoms with van der Waals surface area (Å²) in [5.74, 6) is 2.26. The number of benzene rings is 1. The van der Waals surface area contributed by atoms with Gasteiger partial charge in [-0.25, -0.2) is 15.0 Å². The fraction of sp³-hybridized carbons (Fsp3) is 0.421.